The molecule has 0 heterocycles. The Morgan fingerprint density at radius 1 is 1.41 bits per heavy atom. The van der Waals surface area contributed by atoms with Crippen LogP contribution >= 0.6 is 0 Å². The summed E-state index contributed by atoms with van der Waals surface area (Å²) in [4.78, 5) is 14.0. The molecule has 2 aliphatic rings. The van der Waals surface area contributed by atoms with Crippen LogP contribution in [0.25, 0.3) is 0 Å². The standard InChI is InChI=1S/C13H25N3O/c1-2-16(11-5-6-11)9-7-10-4-3-8-13(10,15)12(14)17/h10-11H,2-9,15H2,1H3,(H2,14,17). The van der Waals surface area contributed by atoms with E-state index < -0.39 is 5.54 Å². The predicted octanol–water partition coefficient (Wildman–Crippen LogP) is 0.844. The molecular weight excluding hydrogens is 214 g/mol. The first-order chi connectivity index (χ1) is 8.08. The fraction of sp³-hybridized carbons (Fsp3) is 0.923. The number of amides is 1. The Bertz CT molecular complexity index is 290. The maximum absolute atomic E-state index is 11.5. The maximum atomic E-state index is 11.5. The zero-order valence-electron chi connectivity index (χ0n) is 10.8. The van der Waals surface area contributed by atoms with Crippen LogP contribution in [-0.2, 0) is 4.79 Å². The molecule has 2 atom stereocenters. The van der Waals surface area contributed by atoms with E-state index in [1.165, 1.54) is 12.8 Å². The molecule has 2 rings (SSSR count). The second-order valence-corrected chi connectivity index (χ2v) is 5.64. The van der Waals surface area contributed by atoms with Gasteiger partial charge in [-0.2, -0.15) is 0 Å². The van der Waals surface area contributed by atoms with E-state index in [-0.39, 0.29) is 11.8 Å². The van der Waals surface area contributed by atoms with Crippen LogP contribution in [0.3, 0.4) is 0 Å². The lowest BCUT2D eigenvalue weighted by molar-refractivity contribution is -0.124. The molecule has 98 valence electrons. The molecule has 0 aliphatic heterocycles. The molecule has 0 aromatic carbocycles. The van der Waals surface area contributed by atoms with Crippen molar-refractivity contribution >= 4 is 5.91 Å². The average Bonchev–Trinajstić information content (AvgIpc) is 3.05. The predicted molar refractivity (Wildman–Crippen MR) is 68.3 cm³/mol. The van der Waals surface area contributed by atoms with Gasteiger partial charge in [0.05, 0.1) is 5.54 Å². The molecule has 17 heavy (non-hydrogen) atoms. The van der Waals surface area contributed by atoms with E-state index >= 15 is 0 Å². The molecule has 0 radical (unpaired) electrons. The molecule has 2 fully saturated rings. The fourth-order valence-corrected chi connectivity index (χ4v) is 3.19. The van der Waals surface area contributed by atoms with E-state index in [0.717, 1.165) is 44.8 Å². The van der Waals surface area contributed by atoms with Crippen LogP contribution in [0.1, 0.15) is 45.4 Å². The van der Waals surface area contributed by atoms with Gasteiger partial charge in [-0.15, -0.1) is 0 Å². The first kappa shape index (κ1) is 12.8. The van der Waals surface area contributed by atoms with Crippen molar-refractivity contribution in [1.29, 1.82) is 0 Å². The van der Waals surface area contributed by atoms with Crippen LogP contribution < -0.4 is 11.5 Å². The summed E-state index contributed by atoms with van der Waals surface area (Å²) in [5.41, 5.74) is 10.9. The van der Waals surface area contributed by atoms with Crippen molar-refractivity contribution in [2.24, 2.45) is 17.4 Å². The van der Waals surface area contributed by atoms with Gasteiger partial charge in [0.15, 0.2) is 0 Å². The van der Waals surface area contributed by atoms with Gasteiger partial charge in [0.2, 0.25) is 5.91 Å². The third kappa shape index (κ3) is 2.63. The summed E-state index contributed by atoms with van der Waals surface area (Å²) in [7, 11) is 0. The lowest BCUT2D eigenvalue weighted by atomic mass is 9.85. The van der Waals surface area contributed by atoms with Crippen LogP contribution in [0.2, 0.25) is 0 Å². The molecule has 0 spiro atoms. The molecule has 4 N–H and O–H groups in total. The van der Waals surface area contributed by atoms with Crippen molar-refractivity contribution in [2.75, 3.05) is 13.1 Å². The van der Waals surface area contributed by atoms with Crippen LogP contribution in [0.15, 0.2) is 0 Å². The number of carbonyl (C=O) groups excluding carboxylic acids is 1. The van der Waals surface area contributed by atoms with Crippen molar-refractivity contribution in [3.8, 4) is 0 Å². The van der Waals surface area contributed by atoms with E-state index in [0.29, 0.717) is 0 Å². The van der Waals surface area contributed by atoms with E-state index in [2.05, 4.69) is 11.8 Å². The van der Waals surface area contributed by atoms with Crippen molar-refractivity contribution < 1.29 is 4.79 Å². The Kier molecular flexibility index (Phi) is 3.73. The summed E-state index contributed by atoms with van der Waals surface area (Å²) in [5, 5.41) is 0. The van der Waals surface area contributed by atoms with E-state index in [9.17, 15) is 4.79 Å². The fourth-order valence-electron chi connectivity index (χ4n) is 3.19. The van der Waals surface area contributed by atoms with E-state index in [4.69, 9.17) is 11.5 Å². The largest absolute Gasteiger partial charge is 0.368 e. The molecule has 2 saturated carbocycles. The van der Waals surface area contributed by atoms with Gasteiger partial charge >= 0.3 is 0 Å². The highest BCUT2D eigenvalue weighted by Gasteiger charge is 2.44. The number of hydrogen-bond donors (Lipinski definition) is 2. The first-order valence-corrected chi connectivity index (χ1v) is 6.90. The lowest BCUT2D eigenvalue weighted by Crippen LogP contribution is -2.55. The number of rotatable bonds is 6. The summed E-state index contributed by atoms with van der Waals surface area (Å²) >= 11 is 0. The molecule has 2 unspecified atom stereocenters. The highest BCUT2D eigenvalue weighted by atomic mass is 16.1. The van der Waals surface area contributed by atoms with Crippen LogP contribution in [0.5, 0.6) is 0 Å². The van der Waals surface area contributed by atoms with Crippen LogP contribution in [0, 0.1) is 5.92 Å². The normalized spacial score (nSPS) is 33.2. The highest BCUT2D eigenvalue weighted by molar-refractivity contribution is 5.85. The SMILES string of the molecule is CCN(CCC1CCCC1(N)C(N)=O)C1CC1. The monoisotopic (exact) mass is 239 g/mol. The summed E-state index contributed by atoms with van der Waals surface area (Å²) in [6.07, 6.45) is 6.55. The van der Waals surface area contributed by atoms with Gasteiger partial charge in [-0.05, 0) is 51.1 Å². The molecule has 0 aromatic heterocycles. The minimum Gasteiger partial charge on any atom is -0.368 e. The second kappa shape index (κ2) is 4.94. The number of nitrogens with two attached hydrogens (primary N) is 2. The Labute approximate surface area is 104 Å². The van der Waals surface area contributed by atoms with Gasteiger partial charge in [0.1, 0.15) is 0 Å². The second-order valence-electron chi connectivity index (χ2n) is 5.64. The van der Waals surface area contributed by atoms with Gasteiger partial charge in [0.25, 0.3) is 0 Å². The zero-order valence-corrected chi connectivity index (χ0v) is 10.8. The Morgan fingerprint density at radius 3 is 2.65 bits per heavy atom. The van der Waals surface area contributed by atoms with E-state index in [1.807, 2.05) is 0 Å². The van der Waals surface area contributed by atoms with Gasteiger partial charge in [0, 0.05) is 6.04 Å². The Balaban J connectivity index is 1.87. The van der Waals surface area contributed by atoms with Gasteiger partial charge in [-0.1, -0.05) is 13.3 Å². The maximum Gasteiger partial charge on any atom is 0.237 e. The number of nitrogens with zero attached hydrogens (tertiary/aromatic N) is 1. The summed E-state index contributed by atoms with van der Waals surface area (Å²) < 4.78 is 0. The quantitative estimate of drug-likeness (QED) is 0.721. The highest BCUT2D eigenvalue weighted by Crippen LogP contribution is 2.36. The van der Waals surface area contributed by atoms with Crippen molar-refractivity contribution in [3.63, 3.8) is 0 Å². The summed E-state index contributed by atoms with van der Waals surface area (Å²) in [6.45, 7) is 4.38. The number of hydrogen-bond acceptors (Lipinski definition) is 3. The van der Waals surface area contributed by atoms with Gasteiger partial charge in [-0.25, -0.2) is 0 Å². The summed E-state index contributed by atoms with van der Waals surface area (Å²) in [5.74, 6) is -0.0257. The molecule has 0 aromatic rings. The van der Waals surface area contributed by atoms with Crippen molar-refractivity contribution in [1.82, 2.24) is 4.90 Å². The molecule has 4 heteroatoms. The number of primary amides is 1. The molecule has 0 bridgehead atoms. The average molecular weight is 239 g/mol. The minimum atomic E-state index is -0.733. The first-order valence-electron chi connectivity index (χ1n) is 6.90. The smallest absolute Gasteiger partial charge is 0.237 e. The molecule has 4 nitrogen and oxygen atoms in total. The van der Waals surface area contributed by atoms with Crippen molar-refractivity contribution in [3.05, 3.63) is 0 Å². The third-order valence-electron chi connectivity index (χ3n) is 4.56. The molecule has 2 aliphatic carbocycles. The Morgan fingerprint density at radius 2 is 2.12 bits per heavy atom. The lowest BCUT2D eigenvalue weighted by Gasteiger charge is -2.30. The molecule has 0 saturated heterocycles. The van der Waals surface area contributed by atoms with Gasteiger partial charge < -0.3 is 16.4 Å². The molecule has 1 amide bonds. The zero-order chi connectivity index (χ0) is 12.5. The topological polar surface area (TPSA) is 72.3 Å². The third-order valence-corrected chi connectivity index (χ3v) is 4.56. The Hall–Kier alpha value is -0.610. The van der Waals surface area contributed by atoms with Gasteiger partial charge in [-0.3, -0.25) is 4.79 Å². The minimum absolute atomic E-state index is 0.285. The molecular formula is C13H25N3O. The van der Waals surface area contributed by atoms with E-state index in [1.54, 1.807) is 0 Å². The number of carbonyl (C=O) groups is 1. The summed E-state index contributed by atoms with van der Waals surface area (Å²) in [6, 6.07) is 0.794. The van der Waals surface area contributed by atoms with Crippen LogP contribution in [-0.4, -0.2) is 35.5 Å². The van der Waals surface area contributed by atoms with Crippen LogP contribution in [0.4, 0.5) is 0 Å². The van der Waals surface area contributed by atoms with Crippen molar-refractivity contribution in [2.45, 2.75) is 57.0 Å².